The van der Waals surface area contributed by atoms with Crippen LogP contribution >= 0.6 is 0 Å². The van der Waals surface area contributed by atoms with Gasteiger partial charge < -0.3 is 10.1 Å². The van der Waals surface area contributed by atoms with Gasteiger partial charge in [-0.2, -0.15) is 0 Å². The topological polar surface area (TPSA) is 47.0 Å². The summed E-state index contributed by atoms with van der Waals surface area (Å²) in [6.07, 6.45) is 5.92. The van der Waals surface area contributed by atoms with Crippen molar-refractivity contribution in [3.63, 3.8) is 0 Å². The van der Waals surface area contributed by atoms with Crippen LogP contribution in [0.3, 0.4) is 0 Å². The Balaban J connectivity index is 1.66. The van der Waals surface area contributed by atoms with Crippen molar-refractivity contribution in [3.05, 3.63) is 42.2 Å². The monoisotopic (exact) mass is 269 g/mol. The minimum atomic E-state index is 0.464. The molecule has 1 aliphatic rings. The molecule has 104 valence electrons. The van der Waals surface area contributed by atoms with E-state index in [0.717, 1.165) is 23.7 Å². The quantitative estimate of drug-likeness (QED) is 0.926. The summed E-state index contributed by atoms with van der Waals surface area (Å²) in [6.45, 7) is 3.85. The maximum absolute atomic E-state index is 5.72. The van der Waals surface area contributed by atoms with Gasteiger partial charge in [0.15, 0.2) is 11.6 Å². The molecule has 4 nitrogen and oxygen atoms in total. The number of hydrogen-bond donors (Lipinski definition) is 1. The van der Waals surface area contributed by atoms with Crippen molar-refractivity contribution in [2.75, 3.05) is 13.2 Å². The molecule has 2 aromatic rings. The van der Waals surface area contributed by atoms with Crippen LogP contribution in [0.5, 0.6) is 5.75 Å². The molecule has 1 saturated heterocycles. The third-order valence-corrected chi connectivity index (χ3v) is 3.63. The van der Waals surface area contributed by atoms with Gasteiger partial charge in [0.25, 0.3) is 0 Å². The molecule has 1 aliphatic heterocycles. The number of aromatic nitrogens is 2. The molecule has 2 heterocycles. The normalized spacial score (nSPS) is 18.1. The third-order valence-electron chi connectivity index (χ3n) is 3.63. The maximum atomic E-state index is 5.72. The fourth-order valence-corrected chi connectivity index (χ4v) is 2.45. The Morgan fingerprint density at radius 1 is 1.25 bits per heavy atom. The molecule has 1 atom stereocenters. The molecule has 0 radical (unpaired) electrons. The highest BCUT2D eigenvalue weighted by atomic mass is 16.5. The van der Waals surface area contributed by atoms with E-state index in [2.05, 4.69) is 28.3 Å². The highest BCUT2D eigenvalue weighted by molar-refractivity contribution is 5.59. The molecule has 20 heavy (non-hydrogen) atoms. The summed E-state index contributed by atoms with van der Waals surface area (Å²) in [4.78, 5) is 8.80. The second-order valence-electron chi connectivity index (χ2n) is 5.16. The fraction of sp³-hybridized carbons (Fsp3) is 0.375. The predicted molar refractivity (Wildman–Crippen MR) is 78.7 cm³/mol. The molecular formula is C16H19N3O. The Morgan fingerprint density at radius 3 is 2.75 bits per heavy atom. The third kappa shape index (κ3) is 2.96. The molecule has 1 unspecified atom stereocenters. The van der Waals surface area contributed by atoms with Crippen molar-refractivity contribution >= 4 is 0 Å². The van der Waals surface area contributed by atoms with Crippen LogP contribution in [0.2, 0.25) is 0 Å². The van der Waals surface area contributed by atoms with Gasteiger partial charge in [0.05, 0.1) is 12.4 Å². The van der Waals surface area contributed by atoms with E-state index in [1.807, 2.05) is 18.2 Å². The Bertz CT molecular complexity index is 562. The highest BCUT2D eigenvalue weighted by Gasteiger charge is 2.14. The largest absolute Gasteiger partial charge is 0.489 e. The Kier molecular flexibility index (Phi) is 3.92. The molecule has 0 amide bonds. The molecule has 1 N–H and O–H groups in total. The van der Waals surface area contributed by atoms with Gasteiger partial charge in [-0.05, 0) is 31.9 Å². The van der Waals surface area contributed by atoms with Crippen molar-refractivity contribution in [1.82, 2.24) is 15.3 Å². The second kappa shape index (κ2) is 6.01. The summed E-state index contributed by atoms with van der Waals surface area (Å²) in [5, 5.41) is 3.41. The van der Waals surface area contributed by atoms with Gasteiger partial charge in [0.1, 0.15) is 6.61 Å². The predicted octanol–water partition coefficient (Wildman–Crippen LogP) is 2.58. The van der Waals surface area contributed by atoms with Gasteiger partial charge in [-0.1, -0.05) is 24.3 Å². The summed E-state index contributed by atoms with van der Waals surface area (Å²) < 4.78 is 5.72. The van der Waals surface area contributed by atoms with Gasteiger partial charge in [-0.3, -0.25) is 0 Å². The van der Waals surface area contributed by atoms with E-state index >= 15 is 0 Å². The van der Waals surface area contributed by atoms with Crippen LogP contribution in [0.4, 0.5) is 0 Å². The fourth-order valence-electron chi connectivity index (χ4n) is 2.45. The number of nitrogens with one attached hydrogen (secondary N) is 1. The van der Waals surface area contributed by atoms with E-state index in [-0.39, 0.29) is 0 Å². The standard InChI is InChI=1S/C16H19N3O/c1-12-5-2-3-7-15(12)16-18-9-14(10-19-16)20-11-13-6-4-8-17-13/h2-3,5,7,9-10,13,17H,4,6,8,11H2,1H3. The van der Waals surface area contributed by atoms with Crippen LogP contribution < -0.4 is 10.1 Å². The Morgan fingerprint density at radius 2 is 2.05 bits per heavy atom. The first-order chi connectivity index (χ1) is 9.83. The number of aryl methyl sites for hydroxylation is 1. The molecule has 0 bridgehead atoms. The van der Waals surface area contributed by atoms with E-state index in [9.17, 15) is 0 Å². The molecule has 4 heteroatoms. The molecule has 0 spiro atoms. The van der Waals surface area contributed by atoms with Crippen molar-refractivity contribution < 1.29 is 4.74 Å². The molecule has 3 rings (SSSR count). The first-order valence-corrected chi connectivity index (χ1v) is 7.07. The van der Waals surface area contributed by atoms with E-state index < -0.39 is 0 Å². The van der Waals surface area contributed by atoms with Crippen LogP contribution in [-0.2, 0) is 0 Å². The number of rotatable bonds is 4. The Hall–Kier alpha value is -1.94. The lowest BCUT2D eigenvalue weighted by atomic mass is 10.1. The zero-order valence-electron chi connectivity index (χ0n) is 11.7. The van der Waals surface area contributed by atoms with Crippen LogP contribution in [-0.4, -0.2) is 29.2 Å². The summed E-state index contributed by atoms with van der Waals surface area (Å²) in [5.74, 6) is 1.48. The minimum absolute atomic E-state index is 0.464. The number of ether oxygens (including phenoxy) is 1. The van der Waals surface area contributed by atoms with Crippen molar-refractivity contribution in [3.8, 4) is 17.1 Å². The lowest BCUT2D eigenvalue weighted by Crippen LogP contribution is -2.28. The van der Waals surface area contributed by atoms with Gasteiger partial charge in [0, 0.05) is 11.6 Å². The van der Waals surface area contributed by atoms with Gasteiger partial charge in [-0.15, -0.1) is 0 Å². The zero-order valence-corrected chi connectivity index (χ0v) is 11.7. The Labute approximate surface area is 119 Å². The van der Waals surface area contributed by atoms with Gasteiger partial charge in [0.2, 0.25) is 0 Å². The molecule has 0 saturated carbocycles. The van der Waals surface area contributed by atoms with Gasteiger partial charge >= 0.3 is 0 Å². The summed E-state index contributed by atoms with van der Waals surface area (Å²) >= 11 is 0. The van der Waals surface area contributed by atoms with E-state index in [4.69, 9.17) is 4.74 Å². The second-order valence-corrected chi connectivity index (χ2v) is 5.16. The number of hydrogen-bond acceptors (Lipinski definition) is 4. The number of benzene rings is 1. The minimum Gasteiger partial charge on any atom is -0.489 e. The van der Waals surface area contributed by atoms with Crippen molar-refractivity contribution in [2.45, 2.75) is 25.8 Å². The van der Waals surface area contributed by atoms with Crippen LogP contribution in [0.25, 0.3) is 11.4 Å². The average molecular weight is 269 g/mol. The van der Waals surface area contributed by atoms with Crippen LogP contribution in [0.1, 0.15) is 18.4 Å². The first-order valence-electron chi connectivity index (χ1n) is 7.07. The number of nitrogens with zero attached hydrogens (tertiary/aromatic N) is 2. The first kappa shape index (κ1) is 13.1. The molecule has 1 aromatic carbocycles. The van der Waals surface area contributed by atoms with E-state index in [0.29, 0.717) is 12.6 Å². The van der Waals surface area contributed by atoms with Crippen molar-refractivity contribution in [2.24, 2.45) is 0 Å². The highest BCUT2D eigenvalue weighted by Crippen LogP contribution is 2.20. The summed E-state index contributed by atoms with van der Waals surface area (Å²) in [7, 11) is 0. The van der Waals surface area contributed by atoms with Crippen LogP contribution in [0.15, 0.2) is 36.7 Å². The summed E-state index contributed by atoms with van der Waals surface area (Å²) in [6, 6.07) is 8.58. The summed E-state index contributed by atoms with van der Waals surface area (Å²) in [5.41, 5.74) is 2.24. The molecule has 0 aliphatic carbocycles. The molecule has 1 fully saturated rings. The van der Waals surface area contributed by atoms with E-state index in [1.165, 1.54) is 18.4 Å². The SMILES string of the molecule is Cc1ccccc1-c1ncc(OCC2CCCN2)cn1. The van der Waals surface area contributed by atoms with Crippen LogP contribution in [0, 0.1) is 6.92 Å². The molecule has 1 aromatic heterocycles. The lowest BCUT2D eigenvalue weighted by molar-refractivity contribution is 0.275. The maximum Gasteiger partial charge on any atom is 0.159 e. The smallest absolute Gasteiger partial charge is 0.159 e. The zero-order chi connectivity index (χ0) is 13.8. The lowest BCUT2D eigenvalue weighted by Gasteiger charge is -2.11. The van der Waals surface area contributed by atoms with E-state index in [1.54, 1.807) is 12.4 Å². The molecular weight excluding hydrogens is 250 g/mol. The van der Waals surface area contributed by atoms with Gasteiger partial charge in [-0.25, -0.2) is 9.97 Å². The average Bonchev–Trinajstić information content (AvgIpc) is 3.00. The van der Waals surface area contributed by atoms with Crippen molar-refractivity contribution in [1.29, 1.82) is 0 Å².